The molecular weight excluding hydrogens is 212 g/mol. The van der Waals surface area contributed by atoms with Crippen molar-refractivity contribution in [3.8, 4) is 0 Å². The minimum atomic E-state index is -2.83. The largest absolute Gasteiger partial charge is 0.310 e. The summed E-state index contributed by atoms with van der Waals surface area (Å²) in [5.41, 5.74) is 0.0604. The highest BCUT2D eigenvalue weighted by molar-refractivity contribution is 7.91. The van der Waals surface area contributed by atoms with Gasteiger partial charge in [-0.1, -0.05) is 0 Å². The van der Waals surface area contributed by atoms with Crippen LogP contribution in [0.3, 0.4) is 0 Å². The molecule has 2 fully saturated rings. The van der Waals surface area contributed by atoms with Crippen molar-refractivity contribution in [2.45, 2.75) is 38.4 Å². The van der Waals surface area contributed by atoms with Gasteiger partial charge in [-0.15, -0.1) is 0 Å². The summed E-state index contributed by atoms with van der Waals surface area (Å²) in [6.07, 6.45) is 0. The van der Waals surface area contributed by atoms with E-state index in [9.17, 15) is 8.42 Å². The van der Waals surface area contributed by atoms with E-state index in [2.05, 4.69) is 31.0 Å². The van der Waals surface area contributed by atoms with Crippen LogP contribution in [0.2, 0.25) is 0 Å². The normalized spacial score (nSPS) is 36.5. The van der Waals surface area contributed by atoms with E-state index in [1.54, 1.807) is 0 Å². The second-order valence-electron chi connectivity index (χ2n) is 5.57. The van der Waals surface area contributed by atoms with E-state index in [0.717, 1.165) is 13.1 Å². The van der Waals surface area contributed by atoms with Gasteiger partial charge in [0.2, 0.25) is 0 Å². The molecule has 0 aromatic heterocycles. The molecule has 0 aliphatic carbocycles. The number of rotatable bonds is 0. The fraction of sp³-hybridized carbons (Fsp3) is 1.00. The average molecular weight is 232 g/mol. The number of nitrogens with one attached hydrogen (secondary N) is 1. The molecule has 0 aromatic carbocycles. The predicted molar refractivity (Wildman–Crippen MR) is 60.7 cm³/mol. The van der Waals surface area contributed by atoms with Crippen LogP contribution in [-0.4, -0.2) is 55.5 Å². The predicted octanol–water partition coefficient (Wildman–Crippen LogP) is -0.144. The fourth-order valence-electron chi connectivity index (χ4n) is 2.70. The minimum absolute atomic E-state index is 0.0604. The van der Waals surface area contributed by atoms with Gasteiger partial charge in [0.15, 0.2) is 9.84 Å². The molecule has 2 aliphatic rings. The summed E-state index contributed by atoms with van der Waals surface area (Å²) >= 11 is 0. The van der Waals surface area contributed by atoms with Gasteiger partial charge >= 0.3 is 0 Å². The highest BCUT2D eigenvalue weighted by atomic mass is 32.2. The molecule has 0 bridgehead atoms. The van der Waals surface area contributed by atoms with Crippen LogP contribution in [0.25, 0.3) is 0 Å². The van der Waals surface area contributed by atoms with Crippen molar-refractivity contribution in [3.63, 3.8) is 0 Å². The van der Waals surface area contributed by atoms with Crippen molar-refractivity contribution >= 4 is 9.84 Å². The van der Waals surface area contributed by atoms with E-state index < -0.39 is 9.84 Å². The molecule has 0 amide bonds. The molecule has 0 aromatic rings. The maximum absolute atomic E-state index is 11.6. The standard InChI is InChI=1S/C10H20N2O2S/c1-10(2,3)12-5-4-11-8-6-15(13,14)7-9(8)12/h8-9,11H,4-7H2,1-3H3. The molecule has 1 N–H and O–H groups in total. The Morgan fingerprint density at radius 2 is 1.93 bits per heavy atom. The van der Waals surface area contributed by atoms with Crippen molar-refractivity contribution in [2.24, 2.45) is 0 Å². The Hall–Kier alpha value is -0.130. The summed E-state index contributed by atoms with van der Waals surface area (Å²) in [6, 6.07) is 0.312. The van der Waals surface area contributed by atoms with E-state index in [1.807, 2.05) is 0 Å². The summed E-state index contributed by atoms with van der Waals surface area (Å²) in [4.78, 5) is 2.33. The highest BCUT2D eigenvalue weighted by Gasteiger charge is 2.45. The van der Waals surface area contributed by atoms with Crippen molar-refractivity contribution in [2.75, 3.05) is 24.6 Å². The molecule has 0 spiro atoms. The van der Waals surface area contributed by atoms with Crippen molar-refractivity contribution in [1.29, 1.82) is 0 Å². The first kappa shape index (κ1) is 11.4. The highest BCUT2D eigenvalue weighted by Crippen LogP contribution is 2.27. The third-order valence-electron chi connectivity index (χ3n) is 3.34. The van der Waals surface area contributed by atoms with Crippen LogP contribution in [0.5, 0.6) is 0 Å². The number of sulfone groups is 1. The summed E-state index contributed by atoms with van der Waals surface area (Å²) in [5, 5.41) is 3.32. The smallest absolute Gasteiger partial charge is 0.153 e. The number of hydrogen-bond acceptors (Lipinski definition) is 4. The molecule has 15 heavy (non-hydrogen) atoms. The van der Waals surface area contributed by atoms with Crippen molar-refractivity contribution in [3.05, 3.63) is 0 Å². The van der Waals surface area contributed by atoms with Gasteiger partial charge in [-0.3, -0.25) is 4.90 Å². The fourth-order valence-corrected chi connectivity index (χ4v) is 4.66. The zero-order valence-electron chi connectivity index (χ0n) is 9.66. The molecule has 2 unspecified atom stereocenters. The van der Waals surface area contributed by atoms with Crippen LogP contribution < -0.4 is 5.32 Å². The van der Waals surface area contributed by atoms with Gasteiger partial charge in [-0.05, 0) is 20.8 Å². The summed E-state index contributed by atoms with van der Waals surface area (Å²) in [5.74, 6) is 0.631. The first-order valence-electron chi connectivity index (χ1n) is 5.50. The van der Waals surface area contributed by atoms with Gasteiger partial charge < -0.3 is 5.32 Å². The Bertz CT molecular complexity index is 345. The van der Waals surface area contributed by atoms with Gasteiger partial charge in [0.05, 0.1) is 11.5 Å². The second-order valence-corrected chi connectivity index (χ2v) is 7.72. The molecule has 0 radical (unpaired) electrons. The van der Waals surface area contributed by atoms with Crippen molar-refractivity contribution < 1.29 is 8.42 Å². The quantitative estimate of drug-likeness (QED) is 0.631. The summed E-state index contributed by atoms with van der Waals surface area (Å²) in [7, 11) is -2.83. The Labute approximate surface area is 91.9 Å². The molecule has 2 aliphatic heterocycles. The minimum Gasteiger partial charge on any atom is -0.310 e. The van der Waals surface area contributed by atoms with E-state index in [4.69, 9.17) is 0 Å². The lowest BCUT2D eigenvalue weighted by Crippen LogP contribution is -2.62. The van der Waals surface area contributed by atoms with Gasteiger partial charge in [0.25, 0.3) is 0 Å². The third kappa shape index (κ3) is 2.19. The maximum Gasteiger partial charge on any atom is 0.153 e. The molecule has 0 saturated carbocycles. The Morgan fingerprint density at radius 3 is 2.53 bits per heavy atom. The summed E-state index contributed by atoms with van der Waals surface area (Å²) < 4.78 is 23.2. The monoisotopic (exact) mass is 232 g/mol. The van der Waals surface area contributed by atoms with E-state index >= 15 is 0 Å². The molecule has 2 atom stereocenters. The van der Waals surface area contributed by atoms with Crippen LogP contribution in [0.15, 0.2) is 0 Å². The Balaban J connectivity index is 2.23. The zero-order valence-corrected chi connectivity index (χ0v) is 10.5. The lowest BCUT2D eigenvalue weighted by Gasteiger charge is -2.45. The Morgan fingerprint density at radius 1 is 1.27 bits per heavy atom. The number of fused-ring (bicyclic) bond motifs is 1. The average Bonchev–Trinajstić information content (AvgIpc) is 2.35. The number of piperazine rings is 1. The first-order valence-corrected chi connectivity index (χ1v) is 7.32. The van der Waals surface area contributed by atoms with Crippen LogP contribution in [0.1, 0.15) is 20.8 Å². The first-order chi connectivity index (χ1) is 6.80. The van der Waals surface area contributed by atoms with Crippen LogP contribution in [-0.2, 0) is 9.84 Å². The van der Waals surface area contributed by atoms with E-state index in [-0.39, 0.29) is 17.6 Å². The van der Waals surface area contributed by atoms with Crippen LogP contribution >= 0.6 is 0 Å². The van der Waals surface area contributed by atoms with Gasteiger partial charge in [0.1, 0.15) is 0 Å². The number of hydrogen-bond donors (Lipinski definition) is 1. The Kier molecular flexibility index (Phi) is 2.60. The molecule has 2 saturated heterocycles. The maximum atomic E-state index is 11.6. The molecule has 2 rings (SSSR count). The molecule has 4 nitrogen and oxygen atoms in total. The van der Waals surface area contributed by atoms with Gasteiger partial charge in [0, 0.05) is 30.7 Å². The molecule has 5 heteroatoms. The molecular formula is C10H20N2O2S. The lowest BCUT2D eigenvalue weighted by molar-refractivity contribution is 0.0553. The lowest BCUT2D eigenvalue weighted by atomic mass is 9.98. The second kappa shape index (κ2) is 3.43. The zero-order chi connectivity index (χ0) is 11.3. The number of nitrogens with zero attached hydrogens (tertiary/aromatic N) is 1. The van der Waals surface area contributed by atoms with Crippen LogP contribution in [0.4, 0.5) is 0 Å². The van der Waals surface area contributed by atoms with E-state index in [1.165, 1.54) is 0 Å². The van der Waals surface area contributed by atoms with Gasteiger partial charge in [-0.2, -0.15) is 0 Å². The summed E-state index contributed by atoms with van der Waals surface area (Å²) in [6.45, 7) is 8.30. The molecule has 88 valence electrons. The van der Waals surface area contributed by atoms with Gasteiger partial charge in [-0.25, -0.2) is 8.42 Å². The SMILES string of the molecule is CC(C)(C)N1CCNC2CS(=O)(=O)CC21. The van der Waals surface area contributed by atoms with E-state index in [0.29, 0.717) is 11.5 Å². The third-order valence-corrected chi connectivity index (χ3v) is 5.06. The van der Waals surface area contributed by atoms with Crippen molar-refractivity contribution in [1.82, 2.24) is 10.2 Å². The van der Waals surface area contributed by atoms with Crippen LogP contribution in [0, 0.1) is 0 Å². The topological polar surface area (TPSA) is 49.4 Å². The molecule has 2 heterocycles.